The Labute approximate surface area is 108 Å². The normalized spacial score (nSPS) is 49.2. The fourth-order valence-electron chi connectivity index (χ4n) is 6.13. The zero-order valence-electron chi connectivity index (χ0n) is 12.1. The molecule has 3 fully saturated rings. The highest BCUT2D eigenvalue weighted by atomic mass is 14.6. The molecule has 17 heavy (non-hydrogen) atoms. The summed E-state index contributed by atoms with van der Waals surface area (Å²) >= 11 is 0. The molecule has 0 aromatic carbocycles. The lowest BCUT2D eigenvalue weighted by Crippen LogP contribution is -2.52. The lowest BCUT2D eigenvalue weighted by molar-refractivity contribution is -0.108. The van der Waals surface area contributed by atoms with Crippen molar-refractivity contribution in [2.75, 3.05) is 0 Å². The van der Waals surface area contributed by atoms with Crippen LogP contribution in [0.15, 0.2) is 0 Å². The molecule has 3 aliphatic carbocycles. The van der Waals surface area contributed by atoms with Crippen LogP contribution in [0.4, 0.5) is 0 Å². The van der Waals surface area contributed by atoms with Crippen LogP contribution in [0.3, 0.4) is 0 Å². The largest absolute Gasteiger partial charge is 0.0596 e. The Hall–Kier alpha value is 0. The van der Waals surface area contributed by atoms with E-state index in [4.69, 9.17) is 0 Å². The van der Waals surface area contributed by atoms with Gasteiger partial charge in [-0.05, 0) is 60.7 Å². The van der Waals surface area contributed by atoms with Crippen molar-refractivity contribution in [1.29, 1.82) is 0 Å². The Kier molecular flexibility index (Phi) is 2.84. The first-order chi connectivity index (χ1) is 8.04. The van der Waals surface area contributed by atoms with Gasteiger partial charge in [0.25, 0.3) is 0 Å². The number of hydrogen-bond acceptors (Lipinski definition) is 0. The van der Waals surface area contributed by atoms with Gasteiger partial charge >= 0.3 is 0 Å². The predicted molar refractivity (Wildman–Crippen MR) is 73.9 cm³/mol. The molecule has 3 saturated carbocycles. The molecule has 0 saturated heterocycles. The Balaban J connectivity index is 1.90. The Morgan fingerprint density at radius 3 is 2.35 bits per heavy atom. The van der Waals surface area contributed by atoms with E-state index in [-0.39, 0.29) is 0 Å². The molecule has 4 atom stereocenters. The zero-order chi connectivity index (χ0) is 12.1. The molecule has 3 rings (SSSR count). The lowest BCUT2D eigenvalue weighted by atomic mass is 9.45. The molecule has 0 aromatic heterocycles. The first-order valence-electron chi connectivity index (χ1n) is 8.04. The topological polar surface area (TPSA) is 0 Å². The molecule has 0 heterocycles. The minimum Gasteiger partial charge on any atom is -0.0596 e. The van der Waals surface area contributed by atoms with Crippen LogP contribution in [0.2, 0.25) is 0 Å². The van der Waals surface area contributed by atoms with Gasteiger partial charge in [-0.3, -0.25) is 0 Å². The fraction of sp³-hybridized carbons (Fsp3) is 1.00. The van der Waals surface area contributed by atoms with E-state index in [2.05, 4.69) is 20.8 Å². The van der Waals surface area contributed by atoms with Crippen molar-refractivity contribution in [3.8, 4) is 0 Å². The van der Waals surface area contributed by atoms with Gasteiger partial charge in [-0.25, -0.2) is 0 Å². The van der Waals surface area contributed by atoms with Crippen molar-refractivity contribution in [3.63, 3.8) is 0 Å². The third kappa shape index (κ3) is 1.78. The minimum atomic E-state index is 0.620. The van der Waals surface area contributed by atoms with Crippen LogP contribution in [0, 0.1) is 28.6 Å². The summed E-state index contributed by atoms with van der Waals surface area (Å²) in [6.45, 7) is 7.77. The zero-order valence-corrected chi connectivity index (χ0v) is 12.1. The Bertz CT molecular complexity index is 290. The highest BCUT2D eigenvalue weighted by Gasteiger charge is 2.54. The molecule has 0 nitrogen and oxygen atoms in total. The van der Waals surface area contributed by atoms with Crippen LogP contribution in [0.25, 0.3) is 0 Å². The standard InChI is InChI=1S/C17H30/c1-16(2)11-6-12-17(3)14-8-5-4-7-13(14)9-10-15(16)17/h13-15H,4-12H2,1-3H3/t13?,14-,15?,17+/m0/s1. The smallest absolute Gasteiger partial charge is 0.0261 e. The second-order valence-corrected chi connectivity index (χ2v) is 8.13. The quantitative estimate of drug-likeness (QED) is 0.525. The molecule has 98 valence electrons. The highest BCUT2D eigenvalue weighted by molar-refractivity contribution is 5.04. The molecular formula is C17H30. The van der Waals surface area contributed by atoms with E-state index < -0.39 is 0 Å². The van der Waals surface area contributed by atoms with Crippen molar-refractivity contribution in [3.05, 3.63) is 0 Å². The monoisotopic (exact) mass is 234 g/mol. The molecule has 0 spiro atoms. The van der Waals surface area contributed by atoms with E-state index in [0.29, 0.717) is 10.8 Å². The van der Waals surface area contributed by atoms with Gasteiger partial charge in [0, 0.05) is 0 Å². The second-order valence-electron chi connectivity index (χ2n) is 8.13. The van der Waals surface area contributed by atoms with Crippen molar-refractivity contribution < 1.29 is 0 Å². The first kappa shape index (κ1) is 12.1. The van der Waals surface area contributed by atoms with Gasteiger partial charge in [-0.1, -0.05) is 46.5 Å². The second kappa shape index (κ2) is 4.00. The van der Waals surface area contributed by atoms with E-state index in [1.165, 1.54) is 38.5 Å². The van der Waals surface area contributed by atoms with Gasteiger partial charge in [-0.2, -0.15) is 0 Å². The predicted octanol–water partition coefficient (Wildman–Crippen LogP) is 5.42. The van der Waals surface area contributed by atoms with Crippen molar-refractivity contribution in [2.45, 2.75) is 78.6 Å². The van der Waals surface area contributed by atoms with Crippen molar-refractivity contribution in [2.24, 2.45) is 28.6 Å². The summed E-state index contributed by atoms with van der Waals surface area (Å²) in [7, 11) is 0. The van der Waals surface area contributed by atoms with Crippen molar-refractivity contribution in [1.82, 2.24) is 0 Å². The lowest BCUT2D eigenvalue weighted by Gasteiger charge is -2.60. The van der Waals surface area contributed by atoms with Crippen LogP contribution in [-0.2, 0) is 0 Å². The molecule has 0 aliphatic heterocycles. The Morgan fingerprint density at radius 1 is 0.765 bits per heavy atom. The molecule has 2 unspecified atom stereocenters. The highest BCUT2D eigenvalue weighted by Crippen LogP contribution is 2.63. The number of hydrogen-bond donors (Lipinski definition) is 0. The summed E-state index contributed by atoms with van der Waals surface area (Å²) in [6, 6.07) is 0. The van der Waals surface area contributed by atoms with Gasteiger partial charge in [0.1, 0.15) is 0 Å². The molecule has 0 heteroatoms. The van der Waals surface area contributed by atoms with Gasteiger partial charge < -0.3 is 0 Å². The molecule has 3 aliphatic rings. The third-order valence-corrected chi connectivity index (χ3v) is 6.86. The van der Waals surface area contributed by atoms with Gasteiger partial charge in [0.15, 0.2) is 0 Å². The van der Waals surface area contributed by atoms with Gasteiger partial charge in [0.2, 0.25) is 0 Å². The summed E-state index contributed by atoms with van der Waals surface area (Å²) in [6.07, 6.45) is 13.7. The summed E-state index contributed by atoms with van der Waals surface area (Å²) in [5.74, 6) is 3.19. The van der Waals surface area contributed by atoms with Crippen molar-refractivity contribution >= 4 is 0 Å². The summed E-state index contributed by atoms with van der Waals surface area (Å²) in [5.41, 5.74) is 1.32. The number of rotatable bonds is 0. The van der Waals surface area contributed by atoms with Crippen LogP contribution >= 0.6 is 0 Å². The maximum absolute atomic E-state index is 2.67. The first-order valence-corrected chi connectivity index (χ1v) is 8.04. The fourth-order valence-corrected chi connectivity index (χ4v) is 6.13. The molecule has 0 radical (unpaired) electrons. The SMILES string of the molecule is CC1(C)CCC[C@@]2(C)C1CCC1CCCC[C@@H]12. The van der Waals surface area contributed by atoms with E-state index >= 15 is 0 Å². The van der Waals surface area contributed by atoms with E-state index in [1.54, 1.807) is 19.3 Å². The van der Waals surface area contributed by atoms with E-state index in [9.17, 15) is 0 Å². The molecule has 0 bridgehead atoms. The van der Waals surface area contributed by atoms with Gasteiger partial charge in [-0.15, -0.1) is 0 Å². The van der Waals surface area contributed by atoms with E-state index in [0.717, 1.165) is 17.8 Å². The summed E-state index contributed by atoms with van der Waals surface area (Å²) < 4.78 is 0. The molecule has 0 amide bonds. The molecule has 0 aromatic rings. The minimum absolute atomic E-state index is 0.620. The van der Waals surface area contributed by atoms with Crippen LogP contribution in [0.5, 0.6) is 0 Å². The average Bonchev–Trinajstić information content (AvgIpc) is 2.28. The third-order valence-electron chi connectivity index (χ3n) is 6.86. The van der Waals surface area contributed by atoms with Crippen LogP contribution in [0.1, 0.15) is 78.6 Å². The maximum atomic E-state index is 2.67. The maximum Gasteiger partial charge on any atom is -0.0261 e. The van der Waals surface area contributed by atoms with Gasteiger partial charge in [0.05, 0.1) is 0 Å². The number of fused-ring (bicyclic) bond motifs is 3. The summed E-state index contributed by atoms with van der Waals surface area (Å²) in [4.78, 5) is 0. The van der Waals surface area contributed by atoms with E-state index in [1.807, 2.05) is 0 Å². The average molecular weight is 234 g/mol. The molecular weight excluding hydrogens is 204 g/mol. The van der Waals surface area contributed by atoms with Crippen LogP contribution in [-0.4, -0.2) is 0 Å². The Morgan fingerprint density at radius 2 is 1.53 bits per heavy atom. The summed E-state index contributed by atoms with van der Waals surface area (Å²) in [5, 5.41) is 0. The molecule has 0 N–H and O–H groups in total. The van der Waals surface area contributed by atoms with Crippen LogP contribution < -0.4 is 0 Å².